The Kier molecular flexibility index (Phi) is 6.64. The summed E-state index contributed by atoms with van der Waals surface area (Å²) in [6, 6.07) is 19.5. The molecule has 1 N–H and O–H groups in total. The van der Waals surface area contributed by atoms with E-state index >= 15 is 0 Å². The van der Waals surface area contributed by atoms with Crippen molar-refractivity contribution in [3.63, 3.8) is 0 Å². The van der Waals surface area contributed by atoms with Crippen LogP contribution in [0.3, 0.4) is 0 Å². The third-order valence-corrected chi connectivity index (χ3v) is 7.24. The van der Waals surface area contributed by atoms with Gasteiger partial charge < -0.3 is 14.5 Å². The van der Waals surface area contributed by atoms with Gasteiger partial charge in [0.15, 0.2) is 5.43 Å². The van der Waals surface area contributed by atoms with Crippen molar-refractivity contribution in [2.45, 2.75) is 71.9 Å². The number of benzene rings is 3. The third kappa shape index (κ3) is 4.98. The van der Waals surface area contributed by atoms with Gasteiger partial charge in [-0.15, -0.1) is 0 Å². The van der Waals surface area contributed by atoms with Crippen molar-refractivity contribution >= 4 is 22.6 Å². The molecule has 0 spiro atoms. The number of rotatable bonds is 5. The first-order valence-electron chi connectivity index (χ1n) is 13.3. The van der Waals surface area contributed by atoms with E-state index in [2.05, 4.69) is 35.6 Å². The Morgan fingerprint density at radius 1 is 1.00 bits per heavy atom. The van der Waals surface area contributed by atoms with E-state index < -0.39 is 5.60 Å². The van der Waals surface area contributed by atoms with Crippen LogP contribution in [0.1, 0.15) is 83.6 Å². The van der Waals surface area contributed by atoms with Crippen molar-refractivity contribution in [2.24, 2.45) is 0 Å². The predicted molar refractivity (Wildman–Crippen MR) is 152 cm³/mol. The molecule has 196 valence electrons. The van der Waals surface area contributed by atoms with Gasteiger partial charge in [-0.25, -0.2) is 4.79 Å². The summed E-state index contributed by atoms with van der Waals surface area (Å²) in [6.45, 7) is 11.4. The Morgan fingerprint density at radius 2 is 1.63 bits per heavy atom. The summed E-state index contributed by atoms with van der Waals surface area (Å²) < 4.78 is 12.3. The number of carbonyl (C=O) groups is 1. The summed E-state index contributed by atoms with van der Waals surface area (Å²) >= 11 is 0. The maximum atomic E-state index is 13.6. The topological polar surface area (TPSA) is 68.5 Å². The second-order valence-corrected chi connectivity index (χ2v) is 11.4. The number of ether oxygens (including phenoxy) is 1. The molecule has 1 unspecified atom stereocenters. The van der Waals surface area contributed by atoms with Crippen molar-refractivity contribution in [2.75, 3.05) is 5.32 Å². The lowest BCUT2D eigenvalue weighted by Crippen LogP contribution is -2.24. The quantitative estimate of drug-likeness (QED) is 0.284. The number of hydrogen-bond acceptors (Lipinski definition) is 5. The molecule has 1 atom stereocenters. The van der Waals surface area contributed by atoms with Crippen LogP contribution in [0.4, 0.5) is 5.69 Å². The Balaban J connectivity index is 1.55. The molecule has 0 aliphatic heterocycles. The zero-order valence-electron chi connectivity index (χ0n) is 23.0. The second-order valence-electron chi connectivity index (χ2n) is 11.4. The highest BCUT2D eigenvalue weighted by molar-refractivity contribution is 5.96. The fraction of sp³-hybridized carbons (Fsp3) is 0.333. The van der Waals surface area contributed by atoms with Crippen LogP contribution in [-0.2, 0) is 17.6 Å². The van der Waals surface area contributed by atoms with Crippen LogP contribution in [-0.4, -0.2) is 11.6 Å². The van der Waals surface area contributed by atoms with E-state index in [-0.39, 0.29) is 23.4 Å². The Labute approximate surface area is 223 Å². The van der Waals surface area contributed by atoms with Crippen LogP contribution in [0.2, 0.25) is 0 Å². The fourth-order valence-corrected chi connectivity index (χ4v) is 5.47. The van der Waals surface area contributed by atoms with E-state index in [0.717, 1.165) is 29.7 Å². The van der Waals surface area contributed by atoms with Crippen LogP contribution in [0.25, 0.3) is 11.0 Å². The molecule has 0 fully saturated rings. The third-order valence-electron chi connectivity index (χ3n) is 7.24. The van der Waals surface area contributed by atoms with E-state index in [9.17, 15) is 9.59 Å². The molecule has 1 aromatic heterocycles. The average Bonchev–Trinajstić information content (AvgIpc) is 3.29. The minimum absolute atomic E-state index is 0.0171. The van der Waals surface area contributed by atoms with Crippen LogP contribution in [0.15, 0.2) is 69.9 Å². The van der Waals surface area contributed by atoms with E-state index in [4.69, 9.17) is 9.15 Å². The van der Waals surface area contributed by atoms with Crippen LogP contribution < -0.4 is 10.7 Å². The molecule has 1 heterocycles. The summed E-state index contributed by atoms with van der Waals surface area (Å²) in [5.41, 5.74) is 6.34. The minimum atomic E-state index is -0.597. The fourth-order valence-electron chi connectivity index (χ4n) is 5.47. The lowest BCUT2D eigenvalue weighted by molar-refractivity contribution is 0.00706. The second kappa shape index (κ2) is 9.79. The number of nitrogens with one attached hydrogen (secondary N) is 1. The number of para-hydroxylation sites is 1. The largest absolute Gasteiger partial charge is 0.460 e. The molecule has 4 aromatic rings. The number of carbonyl (C=O) groups excluding carboxylic acids is 1. The molecule has 5 rings (SSSR count). The van der Waals surface area contributed by atoms with Gasteiger partial charge in [0.1, 0.15) is 16.9 Å². The van der Waals surface area contributed by atoms with E-state index in [0.29, 0.717) is 27.8 Å². The van der Waals surface area contributed by atoms with Crippen molar-refractivity contribution in [1.29, 1.82) is 0 Å². The maximum absolute atomic E-state index is 13.6. The number of hydrogen-bond donors (Lipinski definition) is 1. The first-order chi connectivity index (χ1) is 18.0. The summed E-state index contributed by atoms with van der Waals surface area (Å²) in [5, 5.41) is 4.08. The van der Waals surface area contributed by atoms with Gasteiger partial charge in [-0.3, -0.25) is 4.79 Å². The van der Waals surface area contributed by atoms with Gasteiger partial charge in [0.2, 0.25) is 0 Å². The number of fused-ring (bicyclic) bond motifs is 2. The number of aryl methyl sites for hydroxylation is 1. The van der Waals surface area contributed by atoms with Gasteiger partial charge in [0.25, 0.3) is 0 Å². The smallest absolute Gasteiger partial charge is 0.340 e. The summed E-state index contributed by atoms with van der Waals surface area (Å²) in [7, 11) is 0. The molecule has 0 radical (unpaired) electrons. The first-order valence-corrected chi connectivity index (χ1v) is 13.3. The summed E-state index contributed by atoms with van der Waals surface area (Å²) in [5.74, 6) is 0.520. The highest BCUT2D eigenvalue weighted by Gasteiger charge is 2.29. The monoisotopic (exact) mass is 509 g/mol. The predicted octanol–water partition coefficient (Wildman–Crippen LogP) is 7.42. The number of esters is 1. The van der Waals surface area contributed by atoms with Crippen molar-refractivity contribution in [3.8, 4) is 0 Å². The molecule has 0 saturated heterocycles. The normalized spacial score (nSPS) is 14.4. The van der Waals surface area contributed by atoms with Gasteiger partial charge >= 0.3 is 5.97 Å². The van der Waals surface area contributed by atoms with Crippen LogP contribution in [0, 0.1) is 13.8 Å². The Morgan fingerprint density at radius 3 is 2.29 bits per heavy atom. The minimum Gasteiger partial charge on any atom is -0.460 e. The van der Waals surface area contributed by atoms with Gasteiger partial charge in [-0.1, -0.05) is 42.5 Å². The molecule has 38 heavy (non-hydrogen) atoms. The summed E-state index contributed by atoms with van der Waals surface area (Å²) in [6.07, 6.45) is 1.73. The molecule has 0 saturated carbocycles. The van der Waals surface area contributed by atoms with Gasteiger partial charge in [0, 0.05) is 22.7 Å². The van der Waals surface area contributed by atoms with Crippen LogP contribution >= 0.6 is 0 Å². The molecule has 1 aliphatic rings. The maximum Gasteiger partial charge on any atom is 0.340 e. The molecule has 5 heteroatoms. The molecule has 0 bridgehead atoms. The standard InChI is InChI=1S/C33H35NO4/c1-19-15-26(21(3)34-28-14-10-9-13-25(28)32(36)38-33(4,5)6)31-27(16-19)29(35)20(2)30(37-31)24-17-22-11-7-8-12-23(22)18-24/h7-16,21,24,34H,17-18H2,1-6H3. The Bertz CT molecular complexity index is 1570. The molecule has 0 amide bonds. The molecular weight excluding hydrogens is 474 g/mol. The Hall–Kier alpha value is -3.86. The van der Waals surface area contributed by atoms with Crippen molar-refractivity contribution < 1.29 is 13.9 Å². The van der Waals surface area contributed by atoms with E-state index in [1.165, 1.54) is 11.1 Å². The highest BCUT2D eigenvalue weighted by atomic mass is 16.6. The van der Waals surface area contributed by atoms with Crippen molar-refractivity contribution in [1.82, 2.24) is 0 Å². The molecular formula is C33H35NO4. The molecule has 3 aromatic carbocycles. The summed E-state index contributed by atoms with van der Waals surface area (Å²) in [4.78, 5) is 26.5. The van der Waals surface area contributed by atoms with Gasteiger partial charge in [-0.05, 0) is 89.3 Å². The number of anilines is 1. The van der Waals surface area contributed by atoms with Gasteiger partial charge in [-0.2, -0.15) is 0 Å². The molecule has 5 nitrogen and oxygen atoms in total. The first kappa shape index (κ1) is 25.8. The average molecular weight is 510 g/mol. The van der Waals surface area contributed by atoms with E-state index in [1.807, 2.05) is 65.8 Å². The molecule has 1 aliphatic carbocycles. The van der Waals surface area contributed by atoms with Crippen molar-refractivity contribution in [3.05, 3.63) is 110 Å². The SMILES string of the molecule is Cc1cc(C(C)Nc2ccccc2C(=O)OC(C)(C)C)c2oc(C3Cc4ccccc4C3)c(C)c(=O)c2c1. The lowest BCUT2D eigenvalue weighted by Gasteiger charge is -2.23. The zero-order valence-corrected chi connectivity index (χ0v) is 23.0. The van der Waals surface area contributed by atoms with E-state index in [1.54, 1.807) is 6.07 Å². The van der Waals surface area contributed by atoms with Gasteiger partial charge in [0.05, 0.1) is 17.0 Å². The van der Waals surface area contributed by atoms with Crippen LogP contribution in [0.5, 0.6) is 0 Å². The highest BCUT2D eigenvalue weighted by Crippen LogP contribution is 2.37. The lowest BCUT2D eigenvalue weighted by atomic mass is 9.95. The zero-order chi connectivity index (χ0) is 27.2.